The maximum absolute atomic E-state index is 12.0. The summed E-state index contributed by atoms with van der Waals surface area (Å²) < 4.78 is 6.36. The number of thioether (sulfide) groups is 1. The van der Waals surface area contributed by atoms with E-state index in [1.54, 1.807) is 7.05 Å². The van der Waals surface area contributed by atoms with E-state index in [1.807, 2.05) is 48.5 Å². The molecule has 0 N–H and O–H groups in total. The Balaban J connectivity index is 1.58. The highest BCUT2D eigenvalue weighted by molar-refractivity contribution is 8.26. The molecule has 0 spiro atoms. The van der Waals surface area contributed by atoms with Crippen molar-refractivity contribution in [2.75, 3.05) is 13.7 Å². The maximum atomic E-state index is 12.0. The van der Waals surface area contributed by atoms with E-state index in [9.17, 15) is 4.79 Å². The van der Waals surface area contributed by atoms with Crippen LogP contribution in [0.3, 0.4) is 0 Å². The first-order chi connectivity index (χ1) is 11.6. The number of hydrogen-bond acceptors (Lipinski definition) is 4. The third-order valence-electron chi connectivity index (χ3n) is 3.67. The summed E-state index contributed by atoms with van der Waals surface area (Å²) >= 11 is 6.46. The molecule has 2 aromatic carbocycles. The molecule has 0 bridgehead atoms. The van der Waals surface area contributed by atoms with Crippen LogP contribution in [0.1, 0.15) is 11.1 Å². The summed E-state index contributed by atoms with van der Waals surface area (Å²) in [6, 6.07) is 18.0. The Labute approximate surface area is 151 Å². The predicted octanol–water partition coefficient (Wildman–Crippen LogP) is 4.14. The van der Waals surface area contributed by atoms with Crippen molar-refractivity contribution in [2.24, 2.45) is 0 Å². The molecule has 0 unspecified atom stereocenters. The molecule has 1 aliphatic heterocycles. The van der Waals surface area contributed by atoms with Gasteiger partial charge in [-0.05, 0) is 29.3 Å². The lowest BCUT2D eigenvalue weighted by molar-refractivity contribution is -0.121. The quantitative estimate of drug-likeness (QED) is 0.595. The van der Waals surface area contributed by atoms with Crippen molar-refractivity contribution in [1.82, 2.24) is 4.90 Å². The summed E-state index contributed by atoms with van der Waals surface area (Å²) in [6.45, 7) is 0.637. The van der Waals surface area contributed by atoms with Gasteiger partial charge in [-0.1, -0.05) is 66.4 Å². The van der Waals surface area contributed by atoms with Gasteiger partial charge in [-0.25, -0.2) is 0 Å². The number of hydrogen-bond donors (Lipinski definition) is 0. The van der Waals surface area contributed by atoms with E-state index < -0.39 is 0 Å². The molecule has 122 valence electrons. The highest BCUT2D eigenvalue weighted by Gasteiger charge is 2.28. The lowest BCUT2D eigenvalue weighted by atomic mass is 10.2. The first kappa shape index (κ1) is 16.7. The average molecular weight is 355 g/mol. The van der Waals surface area contributed by atoms with Gasteiger partial charge in [0.15, 0.2) is 0 Å². The molecule has 1 saturated heterocycles. The van der Waals surface area contributed by atoms with Crippen molar-refractivity contribution >= 4 is 40.3 Å². The van der Waals surface area contributed by atoms with E-state index in [0.717, 1.165) is 17.7 Å². The largest absolute Gasteiger partial charge is 0.493 e. The monoisotopic (exact) mass is 355 g/mol. The van der Waals surface area contributed by atoms with E-state index in [2.05, 4.69) is 12.1 Å². The summed E-state index contributed by atoms with van der Waals surface area (Å²) in [4.78, 5) is 14.1. The van der Waals surface area contributed by atoms with Gasteiger partial charge in [0.2, 0.25) is 0 Å². The molecule has 0 aromatic heterocycles. The van der Waals surface area contributed by atoms with Crippen LogP contribution in [0.5, 0.6) is 5.75 Å². The number of carbonyl (C=O) groups excluding carboxylic acids is 1. The third kappa shape index (κ3) is 4.04. The number of ether oxygens (including phenoxy) is 1. The first-order valence-corrected chi connectivity index (χ1v) is 8.84. The van der Waals surface area contributed by atoms with Crippen molar-refractivity contribution in [2.45, 2.75) is 6.42 Å². The van der Waals surface area contributed by atoms with Gasteiger partial charge in [0, 0.05) is 13.5 Å². The smallest absolute Gasteiger partial charge is 0.265 e. The maximum Gasteiger partial charge on any atom is 0.265 e. The van der Waals surface area contributed by atoms with Crippen LogP contribution in [0, 0.1) is 0 Å². The van der Waals surface area contributed by atoms with Crippen LogP contribution in [-0.4, -0.2) is 28.8 Å². The first-order valence-electron chi connectivity index (χ1n) is 7.62. The van der Waals surface area contributed by atoms with E-state index in [0.29, 0.717) is 15.8 Å². The fourth-order valence-electron chi connectivity index (χ4n) is 2.29. The van der Waals surface area contributed by atoms with Crippen molar-refractivity contribution in [3.8, 4) is 5.75 Å². The number of benzene rings is 2. The third-order valence-corrected chi connectivity index (χ3v) is 5.15. The summed E-state index contributed by atoms with van der Waals surface area (Å²) in [7, 11) is 1.70. The lowest BCUT2D eigenvalue weighted by Gasteiger charge is -2.06. The van der Waals surface area contributed by atoms with Crippen LogP contribution in [-0.2, 0) is 11.2 Å². The molecule has 3 nitrogen and oxygen atoms in total. The molecule has 1 fully saturated rings. The Bertz CT molecular complexity index is 770. The molecule has 1 amide bonds. The average Bonchev–Trinajstić information content (AvgIpc) is 2.84. The van der Waals surface area contributed by atoms with Gasteiger partial charge in [0.05, 0.1) is 11.5 Å². The second-order valence-corrected chi connectivity index (χ2v) is 7.07. The van der Waals surface area contributed by atoms with Gasteiger partial charge < -0.3 is 4.74 Å². The zero-order chi connectivity index (χ0) is 16.9. The van der Waals surface area contributed by atoms with E-state index in [1.165, 1.54) is 22.2 Å². The molecule has 3 rings (SSSR count). The van der Waals surface area contributed by atoms with Crippen molar-refractivity contribution < 1.29 is 9.53 Å². The Morgan fingerprint density at radius 1 is 1.12 bits per heavy atom. The number of carbonyl (C=O) groups is 1. The van der Waals surface area contributed by atoms with E-state index >= 15 is 0 Å². The molecular formula is C19H17NO2S2. The molecule has 0 aliphatic carbocycles. The normalized spacial score (nSPS) is 16.0. The molecule has 0 saturated carbocycles. The Morgan fingerprint density at radius 2 is 1.83 bits per heavy atom. The van der Waals surface area contributed by atoms with Crippen LogP contribution in [0.15, 0.2) is 59.5 Å². The minimum atomic E-state index is -0.0480. The number of amides is 1. The van der Waals surface area contributed by atoms with Gasteiger partial charge in [0.25, 0.3) is 5.91 Å². The lowest BCUT2D eigenvalue weighted by Crippen LogP contribution is -2.22. The Kier molecular flexibility index (Phi) is 5.33. The fraction of sp³-hybridized carbons (Fsp3) is 0.158. The molecule has 0 atom stereocenters. The number of nitrogens with zero attached hydrogens (tertiary/aromatic N) is 1. The molecule has 5 heteroatoms. The number of thiocarbonyl (C=S) groups is 1. The van der Waals surface area contributed by atoms with Gasteiger partial charge in [-0.3, -0.25) is 9.69 Å². The summed E-state index contributed by atoms with van der Waals surface area (Å²) in [6.07, 6.45) is 2.73. The van der Waals surface area contributed by atoms with Gasteiger partial charge in [-0.2, -0.15) is 0 Å². The predicted molar refractivity (Wildman–Crippen MR) is 103 cm³/mol. The topological polar surface area (TPSA) is 29.5 Å². The zero-order valence-electron chi connectivity index (χ0n) is 13.3. The molecule has 24 heavy (non-hydrogen) atoms. The second kappa shape index (κ2) is 7.64. The molecule has 0 radical (unpaired) electrons. The molecular weight excluding hydrogens is 338 g/mol. The molecule has 1 aliphatic rings. The Hall–Kier alpha value is -2.11. The molecule has 1 heterocycles. The van der Waals surface area contributed by atoms with Gasteiger partial charge >= 0.3 is 0 Å². The summed E-state index contributed by atoms with van der Waals surface area (Å²) in [5.41, 5.74) is 2.22. The standard InChI is InChI=1S/C19H17NO2S2/c1-20-18(21)17(24-19(20)23)13-15-7-9-16(10-8-15)22-12-11-14-5-3-2-4-6-14/h2-10,13H,11-12H2,1H3. The van der Waals surface area contributed by atoms with Crippen LogP contribution < -0.4 is 4.74 Å². The van der Waals surface area contributed by atoms with Crippen LogP contribution in [0.25, 0.3) is 6.08 Å². The summed E-state index contributed by atoms with van der Waals surface area (Å²) in [5, 5.41) is 0. The second-order valence-electron chi connectivity index (χ2n) is 5.39. The van der Waals surface area contributed by atoms with Crippen LogP contribution >= 0.6 is 24.0 Å². The minimum absolute atomic E-state index is 0.0480. The van der Waals surface area contributed by atoms with Crippen molar-refractivity contribution in [3.05, 3.63) is 70.6 Å². The Morgan fingerprint density at radius 3 is 2.46 bits per heavy atom. The zero-order valence-corrected chi connectivity index (χ0v) is 14.9. The van der Waals surface area contributed by atoms with Crippen LogP contribution in [0.2, 0.25) is 0 Å². The fourth-order valence-corrected chi connectivity index (χ4v) is 3.47. The van der Waals surface area contributed by atoms with Crippen molar-refractivity contribution in [1.29, 1.82) is 0 Å². The highest BCUT2D eigenvalue weighted by atomic mass is 32.2. The highest BCUT2D eigenvalue weighted by Crippen LogP contribution is 2.31. The minimum Gasteiger partial charge on any atom is -0.493 e. The molecule has 2 aromatic rings. The van der Waals surface area contributed by atoms with E-state index in [-0.39, 0.29) is 5.91 Å². The van der Waals surface area contributed by atoms with E-state index in [4.69, 9.17) is 17.0 Å². The van der Waals surface area contributed by atoms with Gasteiger partial charge in [0.1, 0.15) is 10.1 Å². The van der Waals surface area contributed by atoms with Crippen molar-refractivity contribution in [3.63, 3.8) is 0 Å². The number of likely N-dealkylation sites (N-methyl/N-ethyl adjacent to an activating group) is 1. The van der Waals surface area contributed by atoms with Gasteiger partial charge in [-0.15, -0.1) is 0 Å². The van der Waals surface area contributed by atoms with Crippen LogP contribution in [0.4, 0.5) is 0 Å². The SMILES string of the molecule is CN1C(=O)C(=Cc2ccc(OCCc3ccccc3)cc2)SC1=S. The summed E-state index contributed by atoms with van der Waals surface area (Å²) in [5.74, 6) is 0.777. The number of rotatable bonds is 5.